The molecule has 1 aliphatic heterocycles. The van der Waals surface area contributed by atoms with Crippen molar-refractivity contribution in [3.63, 3.8) is 0 Å². The van der Waals surface area contributed by atoms with Gasteiger partial charge in [0.15, 0.2) is 0 Å². The second-order valence-corrected chi connectivity index (χ2v) is 4.42. The third-order valence-electron chi connectivity index (χ3n) is 2.88. The van der Waals surface area contributed by atoms with Crippen molar-refractivity contribution in [1.82, 2.24) is 0 Å². The minimum atomic E-state index is -0.273. The van der Waals surface area contributed by atoms with Gasteiger partial charge in [0.2, 0.25) is 0 Å². The Morgan fingerprint density at radius 2 is 2.20 bits per heavy atom. The molecule has 1 aromatic carbocycles. The highest BCUT2D eigenvalue weighted by Gasteiger charge is 2.27. The molecule has 2 atom stereocenters. The smallest absolute Gasteiger partial charge is 0.127 e. The Morgan fingerprint density at radius 1 is 1.47 bits per heavy atom. The average molecular weight is 209 g/mol. The second kappa shape index (κ2) is 3.81. The summed E-state index contributed by atoms with van der Waals surface area (Å²) in [5, 5.41) is 0. The molecule has 1 unspecified atom stereocenters. The third kappa shape index (κ3) is 1.97. The Kier molecular flexibility index (Phi) is 2.65. The van der Waals surface area contributed by atoms with E-state index in [0.717, 1.165) is 12.0 Å². The molecular formula is C12H16FNO. The number of benzene rings is 1. The molecule has 3 heteroatoms. The fourth-order valence-corrected chi connectivity index (χ4v) is 1.91. The summed E-state index contributed by atoms with van der Waals surface area (Å²) in [6.07, 6.45) is 0.894. The highest BCUT2D eigenvalue weighted by molar-refractivity contribution is 5.38. The zero-order valence-corrected chi connectivity index (χ0v) is 9.03. The predicted octanol–water partition coefficient (Wildman–Crippen LogP) is 2.63. The lowest BCUT2D eigenvalue weighted by Crippen LogP contribution is -2.33. The summed E-state index contributed by atoms with van der Waals surface area (Å²) >= 11 is 0. The van der Waals surface area contributed by atoms with E-state index in [1.54, 1.807) is 6.07 Å². The van der Waals surface area contributed by atoms with Crippen LogP contribution in [0.15, 0.2) is 18.2 Å². The second-order valence-electron chi connectivity index (χ2n) is 4.42. The van der Waals surface area contributed by atoms with Crippen molar-refractivity contribution in [1.29, 1.82) is 0 Å². The first-order chi connectivity index (χ1) is 7.08. The molecule has 1 heterocycles. The Morgan fingerprint density at radius 3 is 2.87 bits per heavy atom. The molecule has 0 aromatic heterocycles. The van der Waals surface area contributed by atoms with Gasteiger partial charge in [-0.1, -0.05) is 19.9 Å². The molecule has 2 rings (SSSR count). The fourth-order valence-electron chi connectivity index (χ4n) is 1.91. The number of hydrogen-bond acceptors (Lipinski definition) is 2. The Labute approximate surface area is 89.2 Å². The normalized spacial score (nSPS) is 24.9. The van der Waals surface area contributed by atoms with Crippen LogP contribution in [0.2, 0.25) is 0 Å². The maximum atomic E-state index is 13.0. The summed E-state index contributed by atoms with van der Waals surface area (Å²) in [6.45, 7) is 4.17. The highest BCUT2D eigenvalue weighted by atomic mass is 19.1. The minimum Gasteiger partial charge on any atom is -0.490 e. The summed E-state index contributed by atoms with van der Waals surface area (Å²) in [5.74, 6) is 0.727. The molecule has 0 radical (unpaired) electrons. The molecule has 1 aliphatic rings. The van der Waals surface area contributed by atoms with Crippen molar-refractivity contribution < 1.29 is 9.13 Å². The monoisotopic (exact) mass is 209 g/mol. The van der Waals surface area contributed by atoms with Crippen LogP contribution in [0.25, 0.3) is 0 Å². The molecule has 2 nitrogen and oxygen atoms in total. The van der Waals surface area contributed by atoms with Crippen LogP contribution in [-0.2, 0) is 0 Å². The van der Waals surface area contributed by atoms with Gasteiger partial charge >= 0.3 is 0 Å². The van der Waals surface area contributed by atoms with E-state index in [2.05, 4.69) is 13.8 Å². The van der Waals surface area contributed by atoms with Crippen LogP contribution in [0.5, 0.6) is 5.75 Å². The van der Waals surface area contributed by atoms with Crippen molar-refractivity contribution in [3.8, 4) is 5.75 Å². The van der Waals surface area contributed by atoms with E-state index < -0.39 is 0 Å². The van der Waals surface area contributed by atoms with Gasteiger partial charge in [-0.2, -0.15) is 0 Å². The van der Waals surface area contributed by atoms with Crippen molar-refractivity contribution in [3.05, 3.63) is 29.6 Å². The Balaban J connectivity index is 2.33. The maximum Gasteiger partial charge on any atom is 0.127 e. The first kappa shape index (κ1) is 10.4. The van der Waals surface area contributed by atoms with Gasteiger partial charge in [0.05, 0.1) is 0 Å². The molecule has 0 saturated carbocycles. The minimum absolute atomic E-state index is 0.0400. The van der Waals surface area contributed by atoms with Crippen LogP contribution in [-0.4, -0.2) is 6.10 Å². The molecular weight excluding hydrogens is 193 g/mol. The lowest BCUT2D eigenvalue weighted by Gasteiger charge is -2.32. The molecule has 2 N–H and O–H groups in total. The number of rotatable bonds is 1. The van der Waals surface area contributed by atoms with Crippen molar-refractivity contribution in [2.24, 2.45) is 11.7 Å². The number of nitrogens with two attached hydrogens (primary N) is 1. The third-order valence-corrected chi connectivity index (χ3v) is 2.88. The molecule has 0 bridgehead atoms. The van der Waals surface area contributed by atoms with E-state index in [9.17, 15) is 4.39 Å². The van der Waals surface area contributed by atoms with Gasteiger partial charge in [0, 0.05) is 24.1 Å². The van der Waals surface area contributed by atoms with E-state index in [1.807, 2.05) is 0 Å². The Hall–Kier alpha value is -1.09. The molecule has 0 amide bonds. The lowest BCUT2D eigenvalue weighted by atomic mass is 9.92. The summed E-state index contributed by atoms with van der Waals surface area (Å²) < 4.78 is 18.8. The summed E-state index contributed by atoms with van der Waals surface area (Å²) in [5.41, 5.74) is 6.93. The van der Waals surface area contributed by atoms with Gasteiger partial charge in [-0.15, -0.1) is 0 Å². The molecule has 0 spiro atoms. The van der Waals surface area contributed by atoms with Gasteiger partial charge in [-0.05, 0) is 12.0 Å². The molecule has 0 fully saturated rings. The molecule has 15 heavy (non-hydrogen) atoms. The zero-order valence-electron chi connectivity index (χ0n) is 9.03. The SMILES string of the molecule is CC(C)C1C[C@H](N)c2ccc(F)cc2O1. The average Bonchev–Trinajstić information content (AvgIpc) is 2.16. The van der Waals surface area contributed by atoms with Gasteiger partial charge < -0.3 is 10.5 Å². The van der Waals surface area contributed by atoms with Crippen LogP contribution in [0.3, 0.4) is 0 Å². The maximum absolute atomic E-state index is 13.0. The van der Waals surface area contributed by atoms with E-state index in [-0.39, 0.29) is 18.0 Å². The topological polar surface area (TPSA) is 35.2 Å². The number of ether oxygens (including phenoxy) is 1. The molecule has 0 saturated heterocycles. The van der Waals surface area contributed by atoms with Gasteiger partial charge in [0.1, 0.15) is 17.7 Å². The number of halogens is 1. The van der Waals surface area contributed by atoms with Gasteiger partial charge in [0.25, 0.3) is 0 Å². The number of hydrogen-bond donors (Lipinski definition) is 1. The quantitative estimate of drug-likeness (QED) is 0.771. The fraction of sp³-hybridized carbons (Fsp3) is 0.500. The van der Waals surface area contributed by atoms with E-state index in [0.29, 0.717) is 11.7 Å². The zero-order chi connectivity index (χ0) is 11.0. The molecule has 82 valence electrons. The van der Waals surface area contributed by atoms with Crippen molar-refractivity contribution in [2.75, 3.05) is 0 Å². The van der Waals surface area contributed by atoms with Crippen molar-refractivity contribution >= 4 is 0 Å². The largest absolute Gasteiger partial charge is 0.490 e. The van der Waals surface area contributed by atoms with Crippen LogP contribution in [0.4, 0.5) is 4.39 Å². The molecule has 0 aliphatic carbocycles. The van der Waals surface area contributed by atoms with Crippen molar-refractivity contribution in [2.45, 2.75) is 32.4 Å². The molecule has 1 aromatic rings. The highest BCUT2D eigenvalue weighted by Crippen LogP contribution is 2.35. The summed E-state index contributed by atoms with van der Waals surface area (Å²) in [6, 6.07) is 4.52. The number of fused-ring (bicyclic) bond motifs is 1. The lowest BCUT2D eigenvalue weighted by molar-refractivity contribution is 0.114. The first-order valence-electron chi connectivity index (χ1n) is 5.29. The van der Waals surface area contributed by atoms with E-state index in [4.69, 9.17) is 10.5 Å². The predicted molar refractivity (Wildman–Crippen MR) is 57.2 cm³/mol. The standard InChI is InChI=1S/C12H16FNO/c1-7(2)11-6-10(14)9-4-3-8(13)5-12(9)15-11/h3-5,7,10-11H,6,14H2,1-2H3/t10-,11?/m0/s1. The van der Waals surface area contributed by atoms with E-state index in [1.165, 1.54) is 12.1 Å². The summed E-state index contributed by atoms with van der Waals surface area (Å²) in [7, 11) is 0. The van der Waals surface area contributed by atoms with Crippen LogP contribution in [0.1, 0.15) is 31.9 Å². The van der Waals surface area contributed by atoms with Crippen LogP contribution < -0.4 is 10.5 Å². The van der Waals surface area contributed by atoms with E-state index >= 15 is 0 Å². The van der Waals surface area contributed by atoms with Gasteiger partial charge in [-0.3, -0.25) is 0 Å². The van der Waals surface area contributed by atoms with Crippen LogP contribution >= 0.6 is 0 Å². The van der Waals surface area contributed by atoms with Crippen LogP contribution in [0, 0.1) is 11.7 Å². The Bertz CT molecular complexity index is 365. The van der Waals surface area contributed by atoms with Gasteiger partial charge in [-0.25, -0.2) is 4.39 Å². The first-order valence-corrected chi connectivity index (χ1v) is 5.29. The summed E-state index contributed by atoms with van der Waals surface area (Å²) in [4.78, 5) is 0.